The number of carbonyl (C=O) groups is 1. The van der Waals surface area contributed by atoms with Crippen LogP contribution in [0.2, 0.25) is 0 Å². The molecule has 21 heavy (non-hydrogen) atoms. The van der Waals surface area contributed by atoms with Gasteiger partial charge in [-0.05, 0) is 12.1 Å². The molecule has 0 spiro atoms. The Morgan fingerprint density at radius 1 is 1.24 bits per heavy atom. The highest BCUT2D eigenvalue weighted by atomic mass is 32.2. The molecule has 0 fully saturated rings. The summed E-state index contributed by atoms with van der Waals surface area (Å²) in [4.78, 5) is 11.0. The molecule has 0 saturated carbocycles. The lowest BCUT2D eigenvalue weighted by Gasteiger charge is -2.01. The Hall–Kier alpha value is -2.09. The van der Waals surface area contributed by atoms with Crippen LogP contribution in [0, 0.1) is 11.6 Å². The van der Waals surface area contributed by atoms with Crippen molar-refractivity contribution in [2.75, 3.05) is 12.0 Å². The molecule has 0 bridgehead atoms. The maximum absolute atomic E-state index is 13.2. The topological polar surface area (TPSA) is 69.0 Å². The monoisotopic (exact) mass is 314 g/mol. The Morgan fingerprint density at radius 2 is 1.86 bits per heavy atom. The summed E-state index contributed by atoms with van der Waals surface area (Å²) in [6.45, 7) is 0.0530. The van der Waals surface area contributed by atoms with Crippen LogP contribution >= 0.6 is 0 Å². The number of benzene rings is 1. The van der Waals surface area contributed by atoms with E-state index in [9.17, 15) is 22.0 Å². The minimum atomic E-state index is -3.18. The molecule has 0 saturated heterocycles. The average molecular weight is 314 g/mol. The smallest absolute Gasteiger partial charge is 0.153 e. The lowest BCUT2D eigenvalue weighted by atomic mass is 10.1. The summed E-state index contributed by atoms with van der Waals surface area (Å²) >= 11 is 0. The molecule has 0 N–H and O–H groups in total. The van der Waals surface area contributed by atoms with E-state index in [2.05, 4.69) is 5.10 Å². The summed E-state index contributed by atoms with van der Waals surface area (Å²) in [5.74, 6) is -1.72. The normalized spacial score (nSPS) is 11.6. The number of carbonyl (C=O) groups excluding carboxylic acids is 1. The third-order valence-corrected chi connectivity index (χ3v) is 3.67. The molecule has 0 aliphatic rings. The molecule has 2 aromatic rings. The number of rotatable bonds is 5. The zero-order valence-electron chi connectivity index (χ0n) is 11.1. The van der Waals surface area contributed by atoms with E-state index < -0.39 is 21.5 Å². The van der Waals surface area contributed by atoms with Crippen LogP contribution in [0.3, 0.4) is 0 Å². The van der Waals surface area contributed by atoms with Crippen molar-refractivity contribution in [2.45, 2.75) is 6.54 Å². The zero-order chi connectivity index (χ0) is 15.6. The van der Waals surface area contributed by atoms with E-state index in [0.29, 0.717) is 12.4 Å². The van der Waals surface area contributed by atoms with Crippen molar-refractivity contribution in [3.05, 3.63) is 41.6 Å². The second-order valence-corrected chi connectivity index (χ2v) is 6.86. The lowest BCUT2D eigenvalue weighted by Crippen LogP contribution is -2.11. The van der Waals surface area contributed by atoms with Crippen molar-refractivity contribution in [1.29, 1.82) is 0 Å². The Labute approximate surface area is 120 Å². The van der Waals surface area contributed by atoms with Crippen LogP contribution in [0.5, 0.6) is 0 Å². The van der Waals surface area contributed by atoms with Gasteiger partial charge in [0, 0.05) is 24.1 Å². The van der Waals surface area contributed by atoms with Crippen LogP contribution in [-0.2, 0) is 16.4 Å². The van der Waals surface area contributed by atoms with Gasteiger partial charge in [-0.2, -0.15) is 5.10 Å². The van der Waals surface area contributed by atoms with E-state index in [4.69, 9.17) is 0 Å². The van der Waals surface area contributed by atoms with E-state index in [1.54, 1.807) is 0 Å². The highest BCUT2D eigenvalue weighted by Gasteiger charge is 2.14. The van der Waals surface area contributed by atoms with Gasteiger partial charge in [0.15, 0.2) is 6.29 Å². The van der Waals surface area contributed by atoms with Crippen LogP contribution in [0.1, 0.15) is 10.4 Å². The fourth-order valence-electron chi connectivity index (χ4n) is 1.81. The van der Waals surface area contributed by atoms with Gasteiger partial charge < -0.3 is 0 Å². The number of hydrogen-bond acceptors (Lipinski definition) is 4. The van der Waals surface area contributed by atoms with Gasteiger partial charge in [0.1, 0.15) is 27.2 Å². The Morgan fingerprint density at radius 3 is 2.38 bits per heavy atom. The summed E-state index contributed by atoms with van der Waals surface area (Å²) < 4.78 is 49.9. The molecule has 0 unspecified atom stereocenters. The molecule has 2 rings (SSSR count). The van der Waals surface area contributed by atoms with Gasteiger partial charge in [-0.1, -0.05) is 0 Å². The van der Waals surface area contributed by atoms with Gasteiger partial charge in [-0.15, -0.1) is 0 Å². The third kappa shape index (κ3) is 3.94. The van der Waals surface area contributed by atoms with Gasteiger partial charge in [-0.25, -0.2) is 17.2 Å². The number of hydrogen-bond donors (Lipinski definition) is 0. The Balaban J connectivity index is 2.39. The SMILES string of the molecule is CS(=O)(=O)CCn1cc(C=O)c(-c2cc(F)cc(F)c2)n1. The van der Waals surface area contributed by atoms with E-state index in [1.807, 2.05) is 0 Å². The van der Waals surface area contributed by atoms with Crippen LogP contribution in [0.25, 0.3) is 11.3 Å². The second-order valence-electron chi connectivity index (χ2n) is 4.60. The van der Waals surface area contributed by atoms with Crippen LogP contribution in [0.4, 0.5) is 8.78 Å². The summed E-state index contributed by atoms with van der Waals surface area (Å²) in [6.07, 6.45) is 2.93. The standard InChI is InChI=1S/C13H12F2N2O3S/c1-21(19,20)3-2-17-7-10(8-18)13(16-17)9-4-11(14)6-12(15)5-9/h4-8H,2-3H2,1H3. The van der Waals surface area contributed by atoms with Crippen molar-refractivity contribution >= 4 is 16.1 Å². The van der Waals surface area contributed by atoms with Crippen molar-refractivity contribution in [2.24, 2.45) is 0 Å². The first-order chi connectivity index (χ1) is 9.78. The first kappa shape index (κ1) is 15.3. The first-order valence-electron chi connectivity index (χ1n) is 5.95. The van der Waals surface area contributed by atoms with E-state index >= 15 is 0 Å². The van der Waals surface area contributed by atoms with E-state index in [-0.39, 0.29) is 29.1 Å². The van der Waals surface area contributed by atoms with Crippen molar-refractivity contribution in [1.82, 2.24) is 9.78 Å². The van der Waals surface area contributed by atoms with Crippen LogP contribution in [-0.4, -0.2) is 36.5 Å². The molecule has 0 radical (unpaired) electrons. The van der Waals surface area contributed by atoms with Gasteiger partial charge in [0.25, 0.3) is 0 Å². The van der Waals surface area contributed by atoms with Gasteiger partial charge >= 0.3 is 0 Å². The Bertz CT molecular complexity index is 764. The number of sulfone groups is 1. The molecule has 0 amide bonds. The summed E-state index contributed by atoms with van der Waals surface area (Å²) in [5, 5.41) is 4.02. The molecular formula is C13H12F2N2O3S. The van der Waals surface area contributed by atoms with Crippen molar-refractivity contribution in [3.8, 4) is 11.3 Å². The number of nitrogens with zero attached hydrogens (tertiary/aromatic N) is 2. The number of aryl methyl sites for hydroxylation is 1. The van der Waals surface area contributed by atoms with Gasteiger partial charge in [0.2, 0.25) is 0 Å². The molecule has 5 nitrogen and oxygen atoms in total. The maximum Gasteiger partial charge on any atom is 0.153 e. The fraction of sp³-hybridized carbons (Fsp3) is 0.231. The lowest BCUT2D eigenvalue weighted by molar-refractivity contribution is 0.112. The minimum Gasteiger partial charge on any atom is -0.298 e. The average Bonchev–Trinajstić information content (AvgIpc) is 2.77. The van der Waals surface area contributed by atoms with Crippen molar-refractivity contribution < 1.29 is 22.0 Å². The molecule has 1 aromatic heterocycles. The minimum absolute atomic E-state index is 0.0530. The predicted molar refractivity (Wildman–Crippen MR) is 72.7 cm³/mol. The summed E-state index contributed by atoms with van der Waals surface area (Å²) in [7, 11) is -3.18. The second kappa shape index (κ2) is 5.72. The van der Waals surface area contributed by atoms with Crippen molar-refractivity contribution in [3.63, 3.8) is 0 Å². The van der Waals surface area contributed by atoms with E-state index in [0.717, 1.165) is 18.4 Å². The quantitative estimate of drug-likeness (QED) is 0.788. The fourth-order valence-corrected chi connectivity index (χ4v) is 2.33. The highest BCUT2D eigenvalue weighted by Crippen LogP contribution is 2.23. The maximum atomic E-state index is 13.2. The third-order valence-electron chi connectivity index (χ3n) is 2.74. The molecular weight excluding hydrogens is 302 g/mol. The molecule has 8 heteroatoms. The number of aldehydes is 1. The largest absolute Gasteiger partial charge is 0.298 e. The molecule has 1 aromatic carbocycles. The Kier molecular flexibility index (Phi) is 4.17. The van der Waals surface area contributed by atoms with Crippen LogP contribution < -0.4 is 0 Å². The number of aromatic nitrogens is 2. The zero-order valence-corrected chi connectivity index (χ0v) is 11.9. The predicted octanol–water partition coefficient (Wildman–Crippen LogP) is 1.69. The molecule has 1 heterocycles. The number of halogens is 2. The van der Waals surface area contributed by atoms with Gasteiger partial charge in [0.05, 0.1) is 17.9 Å². The van der Waals surface area contributed by atoms with E-state index in [1.165, 1.54) is 10.9 Å². The summed E-state index contributed by atoms with van der Waals surface area (Å²) in [6, 6.07) is 2.82. The first-order valence-corrected chi connectivity index (χ1v) is 8.01. The van der Waals surface area contributed by atoms with Gasteiger partial charge in [-0.3, -0.25) is 9.48 Å². The molecule has 0 atom stereocenters. The highest BCUT2D eigenvalue weighted by molar-refractivity contribution is 7.90. The summed E-state index contributed by atoms with van der Waals surface area (Å²) in [5.41, 5.74) is 0.359. The molecule has 112 valence electrons. The van der Waals surface area contributed by atoms with Crippen LogP contribution in [0.15, 0.2) is 24.4 Å². The molecule has 0 aliphatic carbocycles. The molecule has 0 aliphatic heterocycles.